The first-order valence-corrected chi connectivity index (χ1v) is 8.52. The highest BCUT2D eigenvalue weighted by Gasteiger charge is 2.32. The molecule has 0 saturated carbocycles. The van der Waals surface area contributed by atoms with E-state index < -0.39 is 17.6 Å². The zero-order chi connectivity index (χ0) is 18.0. The Morgan fingerprint density at radius 3 is 2.60 bits per heavy atom. The van der Waals surface area contributed by atoms with Crippen LogP contribution in [0.15, 0.2) is 42.5 Å². The monoisotopic (exact) mass is 360 g/mol. The van der Waals surface area contributed by atoms with E-state index in [9.17, 15) is 14.0 Å². The summed E-state index contributed by atoms with van der Waals surface area (Å²) in [5, 5.41) is 0.0576. The van der Waals surface area contributed by atoms with Crippen LogP contribution >= 0.6 is 11.6 Å². The summed E-state index contributed by atoms with van der Waals surface area (Å²) in [5.41, 5.74) is 6.30. The molecule has 2 amide bonds. The first-order valence-electron chi connectivity index (χ1n) is 8.14. The second-order valence-electron chi connectivity index (χ2n) is 6.09. The van der Waals surface area contributed by atoms with E-state index in [0.717, 1.165) is 24.6 Å². The fourth-order valence-electron chi connectivity index (χ4n) is 3.24. The topological polar surface area (TPSA) is 63.4 Å². The van der Waals surface area contributed by atoms with Crippen LogP contribution in [0.5, 0.6) is 0 Å². The summed E-state index contributed by atoms with van der Waals surface area (Å²) in [6, 6.07) is 11.6. The lowest BCUT2D eigenvalue weighted by atomic mass is 9.91. The van der Waals surface area contributed by atoms with Crippen molar-refractivity contribution in [3.8, 4) is 0 Å². The summed E-state index contributed by atoms with van der Waals surface area (Å²) in [6.45, 7) is 0.592. The molecule has 0 bridgehead atoms. The molecule has 1 atom stereocenters. The summed E-state index contributed by atoms with van der Waals surface area (Å²) in [6.07, 6.45) is 2.19. The smallest absolute Gasteiger partial charge is 0.250 e. The Hall–Kier alpha value is -2.40. The standard InChI is InChI=1S/C19H18ClFN2O2/c20-17-15(10-12(21)11-16(17)18(22)24)14-8-4-5-9-23(19(14)25)13-6-2-1-3-7-13/h1-3,6-7,10-11,14H,4-5,8-9H2,(H2,22,24). The maximum atomic E-state index is 14.0. The molecule has 130 valence electrons. The molecule has 4 nitrogen and oxygen atoms in total. The van der Waals surface area contributed by atoms with Gasteiger partial charge in [-0.25, -0.2) is 4.39 Å². The SMILES string of the molecule is NC(=O)c1cc(F)cc(C2CCCCN(c3ccccc3)C2=O)c1Cl. The Morgan fingerprint density at radius 2 is 1.92 bits per heavy atom. The van der Waals surface area contributed by atoms with Crippen molar-refractivity contribution in [2.45, 2.75) is 25.2 Å². The average molecular weight is 361 g/mol. The predicted octanol–water partition coefficient (Wildman–Crippen LogP) is 3.88. The molecular formula is C19H18ClFN2O2. The zero-order valence-electron chi connectivity index (χ0n) is 13.5. The van der Waals surface area contributed by atoms with Crippen molar-refractivity contribution in [2.75, 3.05) is 11.4 Å². The van der Waals surface area contributed by atoms with Gasteiger partial charge in [-0.2, -0.15) is 0 Å². The van der Waals surface area contributed by atoms with E-state index in [0.29, 0.717) is 18.5 Å². The molecule has 0 aromatic heterocycles. The first kappa shape index (κ1) is 17.4. The number of benzene rings is 2. The van der Waals surface area contributed by atoms with Gasteiger partial charge in [0.25, 0.3) is 0 Å². The van der Waals surface area contributed by atoms with Crippen LogP contribution in [0.4, 0.5) is 10.1 Å². The molecule has 0 aliphatic carbocycles. The number of carbonyl (C=O) groups is 2. The van der Waals surface area contributed by atoms with E-state index in [4.69, 9.17) is 17.3 Å². The van der Waals surface area contributed by atoms with Crippen LogP contribution in [0, 0.1) is 5.82 Å². The van der Waals surface area contributed by atoms with Crippen molar-refractivity contribution < 1.29 is 14.0 Å². The Balaban J connectivity index is 2.04. The van der Waals surface area contributed by atoms with Crippen molar-refractivity contribution in [1.82, 2.24) is 0 Å². The van der Waals surface area contributed by atoms with Gasteiger partial charge in [-0.15, -0.1) is 0 Å². The normalized spacial score (nSPS) is 18.1. The van der Waals surface area contributed by atoms with E-state index >= 15 is 0 Å². The highest BCUT2D eigenvalue weighted by Crippen LogP contribution is 2.36. The minimum atomic E-state index is -0.813. The van der Waals surface area contributed by atoms with Crippen LogP contribution in [-0.2, 0) is 4.79 Å². The van der Waals surface area contributed by atoms with Gasteiger partial charge in [-0.1, -0.05) is 36.2 Å². The Morgan fingerprint density at radius 1 is 1.20 bits per heavy atom. The molecule has 1 fully saturated rings. The number of anilines is 1. The van der Waals surface area contributed by atoms with Gasteiger partial charge in [-0.05, 0) is 42.7 Å². The number of amides is 2. The number of nitrogens with zero attached hydrogens (tertiary/aromatic N) is 1. The molecule has 2 N–H and O–H groups in total. The third-order valence-corrected chi connectivity index (χ3v) is 4.88. The second kappa shape index (κ2) is 7.23. The molecule has 1 heterocycles. The number of rotatable bonds is 3. The van der Waals surface area contributed by atoms with Crippen molar-refractivity contribution in [3.05, 3.63) is 64.4 Å². The molecule has 0 spiro atoms. The fraction of sp³-hybridized carbons (Fsp3) is 0.263. The predicted molar refractivity (Wildman–Crippen MR) is 95.3 cm³/mol. The van der Waals surface area contributed by atoms with Crippen molar-refractivity contribution in [1.29, 1.82) is 0 Å². The van der Waals surface area contributed by atoms with Gasteiger partial charge >= 0.3 is 0 Å². The molecule has 2 aromatic carbocycles. The van der Waals surface area contributed by atoms with E-state index in [2.05, 4.69) is 0 Å². The number of halogens is 2. The van der Waals surface area contributed by atoms with E-state index in [1.165, 1.54) is 6.07 Å². The molecule has 0 radical (unpaired) electrons. The molecule has 1 aliphatic heterocycles. The average Bonchev–Trinajstić information content (AvgIpc) is 2.79. The first-order chi connectivity index (χ1) is 12.0. The lowest BCUT2D eigenvalue weighted by Crippen LogP contribution is -2.34. The number of carbonyl (C=O) groups excluding carboxylic acids is 2. The van der Waals surface area contributed by atoms with Gasteiger partial charge in [0.05, 0.1) is 16.5 Å². The highest BCUT2D eigenvalue weighted by atomic mass is 35.5. The summed E-state index contributed by atoms with van der Waals surface area (Å²) in [4.78, 5) is 26.3. The maximum Gasteiger partial charge on any atom is 0.250 e. The van der Waals surface area contributed by atoms with E-state index in [1.54, 1.807) is 4.90 Å². The second-order valence-corrected chi connectivity index (χ2v) is 6.47. The van der Waals surface area contributed by atoms with Gasteiger partial charge in [0.2, 0.25) is 11.8 Å². The van der Waals surface area contributed by atoms with Crippen LogP contribution in [0.1, 0.15) is 41.1 Å². The van der Waals surface area contributed by atoms with Gasteiger partial charge in [0, 0.05) is 12.2 Å². The van der Waals surface area contributed by atoms with Crippen LogP contribution in [0.2, 0.25) is 5.02 Å². The van der Waals surface area contributed by atoms with Gasteiger partial charge < -0.3 is 10.6 Å². The third-order valence-electron chi connectivity index (χ3n) is 4.46. The Kier molecular flexibility index (Phi) is 5.04. The van der Waals surface area contributed by atoms with Crippen LogP contribution < -0.4 is 10.6 Å². The molecule has 1 aliphatic rings. The molecule has 3 rings (SSSR count). The highest BCUT2D eigenvalue weighted by molar-refractivity contribution is 6.35. The molecular weight excluding hydrogens is 343 g/mol. The minimum Gasteiger partial charge on any atom is -0.366 e. The number of hydrogen-bond donors (Lipinski definition) is 1. The maximum absolute atomic E-state index is 14.0. The molecule has 1 saturated heterocycles. The van der Waals surface area contributed by atoms with Crippen LogP contribution in [-0.4, -0.2) is 18.4 Å². The largest absolute Gasteiger partial charge is 0.366 e. The zero-order valence-corrected chi connectivity index (χ0v) is 14.3. The third kappa shape index (κ3) is 3.51. The quantitative estimate of drug-likeness (QED) is 0.902. The van der Waals surface area contributed by atoms with E-state index in [1.807, 2.05) is 30.3 Å². The van der Waals surface area contributed by atoms with Crippen molar-refractivity contribution >= 4 is 29.1 Å². The number of hydrogen-bond acceptors (Lipinski definition) is 2. The van der Waals surface area contributed by atoms with Crippen LogP contribution in [0.25, 0.3) is 0 Å². The molecule has 6 heteroatoms. The summed E-state index contributed by atoms with van der Waals surface area (Å²) >= 11 is 6.28. The van der Waals surface area contributed by atoms with Crippen molar-refractivity contribution in [3.63, 3.8) is 0 Å². The van der Waals surface area contributed by atoms with Gasteiger partial charge in [-0.3, -0.25) is 9.59 Å². The lowest BCUT2D eigenvalue weighted by molar-refractivity contribution is -0.119. The number of primary amides is 1. The lowest BCUT2D eigenvalue weighted by Gasteiger charge is -2.25. The van der Waals surface area contributed by atoms with Crippen LogP contribution in [0.3, 0.4) is 0 Å². The summed E-state index contributed by atoms with van der Waals surface area (Å²) in [7, 11) is 0. The van der Waals surface area contributed by atoms with E-state index in [-0.39, 0.29) is 16.5 Å². The fourth-order valence-corrected chi connectivity index (χ4v) is 3.57. The number of para-hydroxylation sites is 1. The Bertz CT molecular complexity index is 811. The van der Waals surface area contributed by atoms with Gasteiger partial charge in [0.15, 0.2) is 0 Å². The molecule has 2 aromatic rings. The number of nitrogens with two attached hydrogens (primary N) is 1. The van der Waals surface area contributed by atoms with Gasteiger partial charge in [0.1, 0.15) is 5.82 Å². The molecule has 25 heavy (non-hydrogen) atoms. The molecule has 1 unspecified atom stereocenters. The Labute approximate surface area is 150 Å². The minimum absolute atomic E-state index is 0.0576. The van der Waals surface area contributed by atoms with Crippen molar-refractivity contribution in [2.24, 2.45) is 5.73 Å². The summed E-state index contributed by atoms with van der Waals surface area (Å²) < 4.78 is 14.0. The summed E-state index contributed by atoms with van der Waals surface area (Å²) in [5.74, 6) is -2.20.